The minimum Gasteiger partial charge on any atom is -0.467 e. The van der Waals surface area contributed by atoms with Crippen LogP contribution in [0.2, 0.25) is 0 Å². The van der Waals surface area contributed by atoms with E-state index in [9.17, 15) is 19.5 Å². The fourth-order valence-corrected chi connectivity index (χ4v) is 3.60. The largest absolute Gasteiger partial charge is 0.467 e. The van der Waals surface area contributed by atoms with Gasteiger partial charge in [0, 0.05) is 17.5 Å². The number of aliphatic hydroxyl groups excluding tert-OH is 1. The predicted molar refractivity (Wildman–Crippen MR) is 92.2 cm³/mol. The zero-order valence-corrected chi connectivity index (χ0v) is 16.1. The number of likely N-dealkylation sites (tertiary alicyclic amines) is 1. The second-order valence-corrected chi connectivity index (χ2v) is 8.06. The van der Waals surface area contributed by atoms with Crippen LogP contribution in [0.5, 0.6) is 0 Å². The zero-order chi connectivity index (χ0) is 19.2. The predicted octanol–water partition coefficient (Wildman–Crippen LogP) is 1.19. The average Bonchev–Trinajstić information content (AvgIpc) is 2.56. The summed E-state index contributed by atoms with van der Waals surface area (Å²) in [6.07, 6.45) is -0.785. The Morgan fingerprint density at radius 3 is 2.40 bits per heavy atom. The molecule has 3 atom stereocenters. The summed E-state index contributed by atoms with van der Waals surface area (Å²) in [5.74, 6) is -1.04. The van der Waals surface area contributed by atoms with E-state index in [-0.39, 0.29) is 11.0 Å². The summed E-state index contributed by atoms with van der Waals surface area (Å²) < 4.78 is 14.6. The molecule has 1 rings (SSSR count). The van der Waals surface area contributed by atoms with Gasteiger partial charge in [0.1, 0.15) is 11.6 Å². The SMILES string of the molecule is COC(=O)[C@H](O)CS[C@@H]1CCN(C(=O)OC(C)(C)C)[C@@H](C(=O)OC)C1. The van der Waals surface area contributed by atoms with Gasteiger partial charge in [0.05, 0.1) is 14.2 Å². The molecule has 0 spiro atoms. The maximum atomic E-state index is 12.3. The van der Waals surface area contributed by atoms with E-state index in [4.69, 9.17) is 9.47 Å². The minimum absolute atomic E-state index is 0.00194. The van der Waals surface area contributed by atoms with Gasteiger partial charge in [-0.3, -0.25) is 4.90 Å². The van der Waals surface area contributed by atoms with Crippen LogP contribution in [0.1, 0.15) is 33.6 Å². The van der Waals surface area contributed by atoms with Gasteiger partial charge in [-0.1, -0.05) is 0 Å². The molecule has 25 heavy (non-hydrogen) atoms. The Kier molecular flexibility index (Phi) is 8.01. The van der Waals surface area contributed by atoms with Gasteiger partial charge < -0.3 is 19.3 Å². The van der Waals surface area contributed by atoms with Crippen molar-refractivity contribution >= 4 is 29.8 Å². The lowest BCUT2D eigenvalue weighted by Gasteiger charge is -2.38. The molecule has 144 valence electrons. The summed E-state index contributed by atoms with van der Waals surface area (Å²) in [7, 11) is 2.48. The van der Waals surface area contributed by atoms with Crippen LogP contribution >= 0.6 is 11.8 Å². The molecular formula is C16H27NO7S. The van der Waals surface area contributed by atoms with E-state index in [2.05, 4.69) is 4.74 Å². The highest BCUT2D eigenvalue weighted by molar-refractivity contribution is 7.99. The second-order valence-electron chi connectivity index (χ2n) is 6.73. The van der Waals surface area contributed by atoms with Gasteiger partial charge >= 0.3 is 18.0 Å². The number of esters is 2. The van der Waals surface area contributed by atoms with E-state index < -0.39 is 35.8 Å². The van der Waals surface area contributed by atoms with Crippen molar-refractivity contribution in [3.05, 3.63) is 0 Å². The molecule has 0 bridgehead atoms. The summed E-state index contributed by atoms with van der Waals surface area (Å²) in [6, 6.07) is -0.749. The van der Waals surface area contributed by atoms with E-state index in [0.717, 1.165) is 0 Å². The molecule has 0 aliphatic carbocycles. The molecule has 0 aromatic carbocycles. The van der Waals surface area contributed by atoms with Gasteiger partial charge in [0.15, 0.2) is 6.10 Å². The number of carbonyl (C=O) groups is 3. The molecule has 0 saturated carbocycles. The summed E-state index contributed by atoms with van der Waals surface area (Å²) in [5.41, 5.74) is -0.659. The van der Waals surface area contributed by atoms with Crippen LogP contribution in [0.4, 0.5) is 4.79 Å². The maximum Gasteiger partial charge on any atom is 0.411 e. The third kappa shape index (κ3) is 6.74. The summed E-state index contributed by atoms with van der Waals surface area (Å²) in [6.45, 7) is 5.61. The Hall–Kier alpha value is -1.48. The van der Waals surface area contributed by atoms with Gasteiger partial charge in [-0.05, 0) is 33.6 Å². The van der Waals surface area contributed by atoms with E-state index in [0.29, 0.717) is 19.4 Å². The van der Waals surface area contributed by atoms with Gasteiger partial charge in [0.25, 0.3) is 0 Å². The molecule has 9 heteroatoms. The van der Waals surface area contributed by atoms with E-state index in [1.165, 1.54) is 30.9 Å². The zero-order valence-electron chi connectivity index (χ0n) is 15.3. The van der Waals surface area contributed by atoms with Crippen molar-refractivity contribution in [2.24, 2.45) is 0 Å². The molecular weight excluding hydrogens is 350 g/mol. The number of hydrogen-bond acceptors (Lipinski definition) is 8. The third-order valence-electron chi connectivity index (χ3n) is 3.62. The van der Waals surface area contributed by atoms with Crippen molar-refractivity contribution in [2.45, 2.75) is 56.6 Å². The maximum absolute atomic E-state index is 12.3. The van der Waals surface area contributed by atoms with Crippen molar-refractivity contribution in [3.63, 3.8) is 0 Å². The fraction of sp³-hybridized carbons (Fsp3) is 0.812. The number of amides is 1. The summed E-state index contributed by atoms with van der Waals surface area (Å²) >= 11 is 1.37. The van der Waals surface area contributed by atoms with E-state index in [1.807, 2.05) is 0 Å². The fourth-order valence-electron chi connectivity index (χ4n) is 2.41. The van der Waals surface area contributed by atoms with Crippen LogP contribution in [0.25, 0.3) is 0 Å². The normalized spacial score (nSPS) is 22.1. The van der Waals surface area contributed by atoms with Crippen molar-refractivity contribution in [2.75, 3.05) is 26.5 Å². The Labute approximate surface area is 152 Å². The molecule has 1 saturated heterocycles. The quantitative estimate of drug-likeness (QED) is 0.563. The lowest BCUT2D eigenvalue weighted by atomic mass is 10.0. The molecule has 0 aromatic rings. The van der Waals surface area contributed by atoms with Gasteiger partial charge in [-0.25, -0.2) is 14.4 Å². The third-order valence-corrected chi connectivity index (χ3v) is 5.03. The Morgan fingerprint density at radius 2 is 1.88 bits per heavy atom. The molecule has 8 nitrogen and oxygen atoms in total. The molecule has 1 N–H and O–H groups in total. The Morgan fingerprint density at radius 1 is 1.24 bits per heavy atom. The van der Waals surface area contributed by atoms with Crippen LogP contribution in [0.3, 0.4) is 0 Å². The number of aliphatic hydroxyl groups is 1. The number of carbonyl (C=O) groups excluding carboxylic acids is 3. The van der Waals surface area contributed by atoms with Crippen molar-refractivity contribution < 1.29 is 33.7 Å². The van der Waals surface area contributed by atoms with E-state index in [1.54, 1.807) is 20.8 Å². The molecule has 1 amide bonds. The first kappa shape index (κ1) is 21.6. The monoisotopic (exact) mass is 377 g/mol. The first-order valence-corrected chi connectivity index (χ1v) is 9.09. The molecule has 1 fully saturated rings. The Balaban J connectivity index is 2.71. The van der Waals surface area contributed by atoms with Crippen LogP contribution in [0, 0.1) is 0 Å². The average molecular weight is 377 g/mol. The smallest absolute Gasteiger partial charge is 0.411 e. The molecule has 0 aromatic heterocycles. The summed E-state index contributed by atoms with van der Waals surface area (Å²) in [5, 5.41) is 9.67. The minimum atomic E-state index is -1.21. The lowest BCUT2D eigenvalue weighted by Crippen LogP contribution is -2.52. The van der Waals surface area contributed by atoms with Gasteiger partial charge in [-0.15, -0.1) is 0 Å². The van der Waals surface area contributed by atoms with Gasteiger partial charge in [-0.2, -0.15) is 11.8 Å². The van der Waals surface area contributed by atoms with Crippen LogP contribution in [-0.4, -0.2) is 77.6 Å². The number of rotatable bonds is 5. The number of piperidine rings is 1. The molecule has 1 aliphatic heterocycles. The Bertz CT molecular complexity index is 491. The lowest BCUT2D eigenvalue weighted by molar-refractivity contribution is -0.149. The molecule has 1 aliphatic rings. The number of hydrogen-bond donors (Lipinski definition) is 1. The topological polar surface area (TPSA) is 102 Å². The number of thioether (sulfide) groups is 1. The van der Waals surface area contributed by atoms with Crippen LogP contribution < -0.4 is 0 Å². The first-order valence-electron chi connectivity index (χ1n) is 8.04. The second kappa shape index (κ2) is 9.28. The molecule has 0 radical (unpaired) electrons. The highest BCUT2D eigenvalue weighted by atomic mass is 32.2. The van der Waals surface area contributed by atoms with Crippen LogP contribution in [-0.2, 0) is 23.8 Å². The van der Waals surface area contributed by atoms with Crippen molar-refractivity contribution in [1.82, 2.24) is 4.90 Å². The number of methoxy groups -OCH3 is 2. The van der Waals surface area contributed by atoms with Gasteiger partial charge in [0.2, 0.25) is 0 Å². The highest BCUT2D eigenvalue weighted by Crippen LogP contribution is 2.29. The van der Waals surface area contributed by atoms with Crippen LogP contribution in [0.15, 0.2) is 0 Å². The standard InChI is InChI=1S/C16H27NO7S/c1-16(2,3)24-15(21)17-7-6-10(8-11(17)13(19)22-4)25-9-12(18)14(20)23-5/h10-12,18H,6-9H2,1-5H3/t10-,11-,12-/m1/s1. The molecule has 1 heterocycles. The summed E-state index contributed by atoms with van der Waals surface area (Å²) in [4.78, 5) is 37.0. The molecule has 0 unspecified atom stereocenters. The first-order chi connectivity index (χ1) is 11.6. The van der Waals surface area contributed by atoms with E-state index >= 15 is 0 Å². The number of nitrogens with zero attached hydrogens (tertiary/aromatic N) is 1. The van der Waals surface area contributed by atoms with Crippen molar-refractivity contribution in [3.8, 4) is 0 Å². The number of ether oxygens (including phenoxy) is 3. The highest BCUT2D eigenvalue weighted by Gasteiger charge is 2.39. The van der Waals surface area contributed by atoms with Crippen molar-refractivity contribution in [1.29, 1.82) is 0 Å².